The summed E-state index contributed by atoms with van der Waals surface area (Å²) in [6.07, 6.45) is 3.97. The van der Waals surface area contributed by atoms with E-state index in [1.165, 1.54) is 0 Å². The second kappa shape index (κ2) is 5.16. The number of rotatable bonds is 4. The van der Waals surface area contributed by atoms with Crippen LogP contribution in [0.4, 0.5) is 0 Å². The predicted molar refractivity (Wildman–Crippen MR) is 77.3 cm³/mol. The summed E-state index contributed by atoms with van der Waals surface area (Å²) >= 11 is 0. The average Bonchev–Trinajstić information content (AvgIpc) is 3.17. The number of nitrogens with one attached hydrogen (secondary N) is 1. The Hall–Kier alpha value is -1.85. The quantitative estimate of drug-likeness (QED) is 0.902. The minimum absolute atomic E-state index is 0.0312. The van der Waals surface area contributed by atoms with Crippen LogP contribution in [0.2, 0.25) is 0 Å². The van der Waals surface area contributed by atoms with Crippen molar-refractivity contribution in [1.82, 2.24) is 20.0 Å². The molecular weight excluding hydrogens is 268 g/mol. The molecular formula is C15H22N4O2. The van der Waals surface area contributed by atoms with E-state index in [0.29, 0.717) is 12.5 Å². The third-order valence-electron chi connectivity index (χ3n) is 4.31. The summed E-state index contributed by atoms with van der Waals surface area (Å²) in [5, 5.41) is 7.34. The van der Waals surface area contributed by atoms with Crippen molar-refractivity contribution in [3.63, 3.8) is 0 Å². The van der Waals surface area contributed by atoms with Crippen molar-refractivity contribution in [3.05, 3.63) is 18.0 Å². The van der Waals surface area contributed by atoms with Crippen molar-refractivity contribution >= 4 is 11.8 Å². The van der Waals surface area contributed by atoms with Gasteiger partial charge in [-0.2, -0.15) is 5.10 Å². The van der Waals surface area contributed by atoms with Crippen molar-refractivity contribution in [3.8, 4) is 0 Å². The molecule has 0 spiro atoms. The summed E-state index contributed by atoms with van der Waals surface area (Å²) in [7, 11) is 0. The molecule has 0 bridgehead atoms. The topological polar surface area (TPSA) is 67.2 Å². The predicted octanol–water partition coefficient (Wildman–Crippen LogP) is 1.09. The molecule has 2 heterocycles. The van der Waals surface area contributed by atoms with Crippen molar-refractivity contribution in [2.45, 2.75) is 58.3 Å². The molecule has 3 rings (SSSR count). The molecule has 114 valence electrons. The van der Waals surface area contributed by atoms with Gasteiger partial charge < -0.3 is 10.2 Å². The van der Waals surface area contributed by atoms with Crippen LogP contribution in [-0.2, 0) is 16.1 Å². The Labute approximate surface area is 124 Å². The molecule has 1 aliphatic heterocycles. The number of aromatic nitrogens is 2. The van der Waals surface area contributed by atoms with Gasteiger partial charge in [-0.3, -0.25) is 14.3 Å². The first-order valence-corrected chi connectivity index (χ1v) is 7.62. The number of carbonyl (C=O) groups is 2. The van der Waals surface area contributed by atoms with Gasteiger partial charge in [0.05, 0.1) is 12.2 Å². The number of hydrogen-bond acceptors (Lipinski definition) is 3. The Bertz CT molecular complexity index is 562. The maximum atomic E-state index is 12.6. The summed E-state index contributed by atoms with van der Waals surface area (Å²) in [4.78, 5) is 26.3. The molecule has 21 heavy (non-hydrogen) atoms. The normalized spacial score (nSPS) is 26.4. The van der Waals surface area contributed by atoms with E-state index in [4.69, 9.17) is 0 Å². The van der Waals surface area contributed by atoms with Gasteiger partial charge in [-0.15, -0.1) is 0 Å². The van der Waals surface area contributed by atoms with E-state index in [0.717, 1.165) is 18.5 Å². The van der Waals surface area contributed by atoms with Gasteiger partial charge in [-0.05, 0) is 45.6 Å². The van der Waals surface area contributed by atoms with Gasteiger partial charge in [0.25, 0.3) is 0 Å². The Morgan fingerprint density at radius 1 is 1.38 bits per heavy atom. The molecule has 2 amide bonds. The number of amides is 2. The molecule has 2 atom stereocenters. The number of piperazine rings is 1. The first kappa shape index (κ1) is 14.1. The third-order valence-corrected chi connectivity index (χ3v) is 4.31. The second-order valence-corrected chi connectivity index (χ2v) is 6.35. The minimum Gasteiger partial charge on any atom is -0.342 e. The van der Waals surface area contributed by atoms with Crippen LogP contribution < -0.4 is 5.32 Å². The summed E-state index contributed by atoms with van der Waals surface area (Å²) < 4.78 is 1.87. The van der Waals surface area contributed by atoms with Gasteiger partial charge in [0.15, 0.2) is 0 Å². The van der Waals surface area contributed by atoms with Gasteiger partial charge in [-0.25, -0.2) is 0 Å². The molecule has 2 unspecified atom stereocenters. The fraction of sp³-hybridized carbons (Fsp3) is 0.667. The maximum Gasteiger partial charge on any atom is 0.246 e. The lowest BCUT2D eigenvalue weighted by molar-refractivity contribution is -0.150. The molecule has 1 N–H and O–H groups in total. The van der Waals surface area contributed by atoms with Crippen LogP contribution in [0.15, 0.2) is 12.3 Å². The van der Waals surface area contributed by atoms with Crippen LogP contribution in [0.5, 0.6) is 0 Å². The first-order chi connectivity index (χ1) is 9.97. The van der Waals surface area contributed by atoms with Crippen molar-refractivity contribution in [2.24, 2.45) is 5.92 Å². The van der Waals surface area contributed by atoms with Crippen LogP contribution >= 0.6 is 0 Å². The maximum absolute atomic E-state index is 12.6. The molecule has 1 aromatic rings. The van der Waals surface area contributed by atoms with Crippen LogP contribution in [0.3, 0.4) is 0 Å². The lowest BCUT2D eigenvalue weighted by Gasteiger charge is -2.37. The number of carbonyl (C=O) groups excluding carboxylic acids is 2. The SMILES string of the molecule is CC1C(=O)NC(C2CC2)C(=O)N1Cc1ccn(C(C)C)n1. The zero-order valence-electron chi connectivity index (χ0n) is 12.7. The lowest BCUT2D eigenvalue weighted by atomic mass is 10.0. The molecule has 6 nitrogen and oxygen atoms in total. The zero-order valence-corrected chi connectivity index (χ0v) is 12.7. The van der Waals surface area contributed by atoms with Crippen LogP contribution in [0.25, 0.3) is 0 Å². The molecule has 6 heteroatoms. The number of hydrogen-bond donors (Lipinski definition) is 1. The van der Waals surface area contributed by atoms with Gasteiger partial charge in [0.2, 0.25) is 11.8 Å². The first-order valence-electron chi connectivity index (χ1n) is 7.62. The summed E-state index contributed by atoms with van der Waals surface area (Å²) in [5.41, 5.74) is 0.827. The van der Waals surface area contributed by atoms with E-state index >= 15 is 0 Å². The van der Waals surface area contributed by atoms with Crippen LogP contribution in [0.1, 0.15) is 45.3 Å². The highest BCUT2D eigenvalue weighted by Gasteiger charge is 2.45. The van der Waals surface area contributed by atoms with Gasteiger partial charge in [0.1, 0.15) is 12.1 Å². The largest absolute Gasteiger partial charge is 0.342 e. The summed E-state index contributed by atoms with van der Waals surface area (Å²) in [6, 6.07) is 1.44. The highest BCUT2D eigenvalue weighted by Crippen LogP contribution is 2.35. The van der Waals surface area contributed by atoms with Crippen molar-refractivity contribution in [1.29, 1.82) is 0 Å². The standard InChI is InChI=1S/C15H22N4O2/c1-9(2)19-7-6-12(17-19)8-18-10(3)14(20)16-13(15(18)21)11-4-5-11/h6-7,9-11,13H,4-5,8H2,1-3H3,(H,16,20). The van der Waals surface area contributed by atoms with Gasteiger partial charge in [-0.1, -0.05) is 0 Å². The van der Waals surface area contributed by atoms with Crippen molar-refractivity contribution in [2.75, 3.05) is 0 Å². The van der Waals surface area contributed by atoms with E-state index in [1.54, 1.807) is 11.8 Å². The molecule has 1 aliphatic carbocycles. The molecule has 2 fully saturated rings. The molecule has 2 aliphatic rings. The Balaban J connectivity index is 1.77. The van der Waals surface area contributed by atoms with Gasteiger partial charge >= 0.3 is 0 Å². The summed E-state index contributed by atoms with van der Waals surface area (Å²) in [5.74, 6) is 0.295. The average molecular weight is 290 g/mol. The molecule has 0 radical (unpaired) electrons. The van der Waals surface area contributed by atoms with E-state index in [1.807, 2.05) is 16.9 Å². The van der Waals surface area contributed by atoms with E-state index in [-0.39, 0.29) is 23.9 Å². The lowest BCUT2D eigenvalue weighted by Crippen LogP contribution is -2.62. The third kappa shape index (κ3) is 2.66. The zero-order chi connectivity index (χ0) is 15.1. The fourth-order valence-corrected chi connectivity index (χ4v) is 2.73. The second-order valence-electron chi connectivity index (χ2n) is 6.35. The number of nitrogens with zero attached hydrogens (tertiary/aromatic N) is 3. The highest BCUT2D eigenvalue weighted by atomic mass is 16.2. The Kier molecular flexibility index (Phi) is 3.47. The monoisotopic (exact) mass is 290 g/mol. The molecule has 1 aromatic heterocycles. The summed E-state index contributed by atoms with van der Waals surface area (Å²) in [6.45, 7) is 6.29. The molecule has 1 saturated carbocycles. The van der Waals surface area contributed by atoms with Crippen LogP contribution in [-0.4, -0.2) is 38.6 Å². The fourth-order valence-electron chi connectivity index (χ4n) is 2.73. The van der Waals surface area contributed by atoms with E-state index < -0.39 is 6.04 Å². The van der Waals surface area contributed by atoms with Crippen molar-refractivity contribution < 1.29 is 9.59 Å². The highest BCUT2D eigenvalue weighted by molar-refractivity contribution is 5.97. The van der Waals surface area contributed by atoms with E-state index in [9.17, 15) is 9.59 Å². The van der Waals surface area contributed by atoms with E-state index in [2.05, 4.69) is 24.3 Å². The Morgan fingerprint density at radius 3 is 2.67 bits per heavy atom. The smallest absolute Gasteiger partial charge is 0.246 e. The molecule has 1 saturated heterocycles. The van der Waals surface area contributed by atoms with Crippen LogP contribution in [0, 0.1) is 5.92 Å². The van der Waals surface area contributed by atoms with Gasteiger partial charge in [0, 0.05) is 12.2 Å². The molecule has 0 aromatic carbocycles. The Morgan fingerprint density at radius 2 is 2.10 bits per heavy atom. The minimum atomic E-state index is -0.434.